The van der Waals surface area contributed by atoms with Gasteiger partial charge in [0.2, 0.25) is 0 Å². The van der Waals surface area contributed by atoms with E-state index in [1.54, 1.807) is 4.57 Å². The van der Waals surface area contributed by atoms with Gasteiger partial charge in [-0.25, -0.2) is 4.79 Å². The van der Waals surface area contributed by atoms with Crippen LogP contribution >= 0.6 is 11.6 Å². The highest BCUT2D eigenvalue weighted by Gasteiger charge is 2.20. The Hall–Kier alpha value is -1.33. The van der Waals surface area contributed by atoms with E-state index in [-0.39, 0.29) is 22.2 Å². The van der Waals surface area contributed by atoms with Crippen LogP contribution < -0.4 is 5.56 Å². The minimum absolute atomic E-state index is 0.0481. The first kappa shape index (κ1) is 13.1. The van der Waals surface area contributed by atoms with Crippen molar-refractivity contribution in [3.8, 4) is 0 Å². The summed E-state index contributed by atoms with van der Waals surface area (Å²) in [6, 6.07) is 1.30. The molecular weight excluding hydrogens is 258 g/mol. The lowest BCUT2D eigenvalue weighted by Crippen LogP contribution is -2.29. The average Bonchev–Trinajstić information content (AvgIpc) is 2.39. The van der Waals surface area contributed by atoms with Crippen molar-refractivity contribution in [1.82, 2.24) is 4.57 Å². The number of pyridine rings is 1. The quantitative estimate of drug-likeness (QED) is 0.768. The van der Waals surface area contributed by atoms with Crippen molar-refractivity contribution in [1.29, 1.82) is 0 Å². The highest BCUT2D eigenvalue weighted by Crippen LogP contribution is 2.21. The molecule has 0 saturated carbocycles. The standard InChI is InChI=1S/C12H14ClNO4/c1-17-12(16)9-7-14(11(15)6-10(9)13)8-2-4-18-5-3-8/h6-8H,2-5H2,1H3. The zero-order valence-electron chi connectivity index (χ0n) is 10.0. The fourth-order valence-corrected chi connectivity index (χ4v) is 2.25. The molecule has 1 aliphatic heterocycles. The van der Waals surface area contributed by atoms with Crippen molar-refractivity contribution in [2.24, 2.45) is 0 Å². The van der Waals surface area contributed by atoms with E-state index >= 15 is 0 Å². The molecule has 0 spiro atoms. The number of carbonyl (C=O) groups is 1. The third-order valence-corrected chi connectivity index (χ3v) is 3.33. The zero-order valence-corrected chi connectivity index (χ0v) is 10.8. The lowest BCUT2D eigenvalue weighted by atomic mass is 10.1. The molecule has 0 bridgehead atoms. The number of hydrogen-bond acceptors (Lipinski definition) is 4. The summed E-state index contributed by atoms with van der Waals surface area (Å²) >= 11 is 5.88. The molecule has 0 N–H and O–H groups in total. The maximum absolute atomic E-state index is 11.9. The van der Waals surface area contributed by atoms with E-state index in [0.717, 1.165) is 12.8 Å². The zero-order chi connectivity index (χ0) is 13.1. The molecule has 0 aromatic carbocycles. The smallest absolute Gasteiger partial charge is 0.340 e. The number of methoxy groups -OCH3 is 1. The minimum atomic E-state index is -0.541. The maximum Gasteiger partial charge on any atom is 0.340 e. The fourth-order valence-electron chi connectivity index (χ4n) is 2.03. The summed E-state index contributed by atoms with van der Waals surface area (Å²) in [4.78, 5) is 23.4. The lowest BCUT2D eigenvalue weighted by molar-refractivity contribution is 0.0595. The van der Waals surface area contributed by atoms with Crippen LogP contribution in [0, 0.1) is 0 Å². The predicted molar refractivity (Wildman–Crippen MR) is 66.1 cm³/mol. The largest absolute Gasteiger partial charge is 0.465 e. The van der Waals surface area contributed by atoms with Crippen LogP contribution in [0.3, 0.4) is 0 Å². The molecule has 0 atom stereocenters. The summed E-state index contributed by atoms with van der Waals surface area (Å²) in [5.74, 6) is -0.541. The molecule has 0 amide bonds. The first-order chi connectivity index (χ1) is 8.63. The van der Waals surface area contributed by atoms with Gasteiger partial charge >= 0.3 is 5.97 Å². The SMILES string of the molecule is COC(=O)c1cn(C2CCOCC2)c(=O)cc1Cl. The van der Waals surface area contributed by atoms with Crippen LogP contribution in [-0.2, 0) is 9.47 Å². The lowest BCUT2D eigenvalue weighted by Gasteiger charge is -2.24. The molecule has 0 aliphatic carbocycles. The van der Waals surface area contributed by atoms with Crippen LogP contribution in [0.1, 0.15) is 29.2 Å². The van der Waals surface area contributed by atoms with Gasteiger partial charge in [-0.3, -0.25) is 4.79 Å². The Bertz CT molecular complexity index is 505. The van der Waals surface area contributed by atoms with Gasteiger partial charge in [-0.05, 0) is 12.8 Å². The Balaban J connectivity index is 2.40. The Morgan fingerprint density at radius 3 is 2.78 bits per heavy atom. The molecule has 6 heteroatoms. The Morgan fingerprint density at radius 1 is 1.50 bits per heavy atom. The van der Waals surface area contributed by atoms with E-state index in [4.69, 9.17) is 16.3 Å². The van der Waals surface area contributed by atoms with Crippen molar-refractivity contribution in [2.45, 2.75) is 18.9 Å². The molecular formula is C12H14ClNO4. The summed E-state index contributed by atoms with van der Waals surface area (Å²) in [6.07, 6.45) is 2.98. The van der Waals surface area contributed by atoms with Gasteiger partial charge in [0.05, 0.1) is 17.7 Å². The number of nitrogens with zero attached hydrogens (tertiary/aromatic N) is 1. The number of aromatic nitrogens is 1. The van der Waals surface area contributed by atoms with Crippen LogP contribution in [-0.4, -0.2) is 30.9 Å². The van der Waals surface area contributed by atoms with Gasteiger partial charge in [0.1, 0.15) is 0 Å². The van der Waals surface area contributed by atoms with E-state index in [1.165, 1.54) is 19.4 Å². The molecule has 2 heterocycles. The van der Waals surface area contributed by atoms with Gasteiger partial charge in [0, 0.05) is 31.5 Å². The Labute approximate surface area is 109 Å². The van der Waals surface area contributed by atoms with Gasteiger partial charge in [-0.2, -0.15) is 0 Å². The first-order valence-corrected chi connectivity index (χ1v) is 6.09. The second-order valence-corrected chi connectivity index (χ2v) is 4.52. The monoisotopic (exact) mass is 271 g/mol. The number of esters is 1. The average molecular weight is 272 g/mol. The summed E-state index contributed by atoms with van der Waals surface area (Å²) in [5.41, 5.74) is 0.00446. The summed E-state index contributed by atoms with van der Waals surface area (Å²) in [7, 11) is 1.28. The maximum atomic E-state index is 11.9. The molecule has 1 saturated heterocycles. The van der Waals surface area contributed by atoms with E-state index in [9.17, 15) is 9.59 Å². The molecule has 2 rings (SSSR count). The van der Waals surface area contributed by atoms with Crippen molar-refractivity contribution in [2.75, 3.05) is 20.3 Å². The van der Waals surface area contributed by atoms with Crippen LogP contribution in [0.5, 0.6) is 0 Å². The molecule has 1 aromatic rings. The van der Waals surface area contributed by atoms with E-state index in [2.05, 4.69) is 4.74 Å². The van der Waals surface area contributed by atoms with Crippen LogP contribution in [0.2, 0.25) is 5.02 Å². The molecule has 5 nitrogen and oxygen atoms in total. The fraction of sp³-hybridized carbons (Fsp3) is 0.500. The summed E-state index contributed by atoms with van der Waals surface area (Å²) < 4.78 is 11.4. The molecule has 1 fully saturated rings. The van der Waals surface area contributed by atoms with Gasteiger partial charge in [0.15, 0.2) is 0 Å². The van der Waals surface area contributed by atoms with Crippen molar-refractivity contribution >= 4 is 17.6 Å². The molecule has 1 aliphatic rings. The van der Waals surface area contributed by atoms with Crippen molar-refractivity contribution in [3.05, 3.63) is 33.2 Å². The molecule has 18 heavy (non-hydrogen) atoms. The Kier molecular flexibility index (Phi) is 4.04. The number of ether oxygens (including phenoxy) is 2. The van der Waals surface area contributed by atoms with Gasteiger partial charge < -0.3 is 14.0 Å². The molecule has 98 valence electrons. The van der Waals surface area contributed by atoms with Crippen LogP contribution in [0.4, 0.5) is 0 Å². The number of halogens is 1. The second kappa shape index (κ2) is 5.54. The highest BCUT2D eigenvalue weighted by atomic mass is 35.5. The third-order valence-electron chi connectivity index (χ3n) is 3.02. The van der Waals surface area contributed by atoms with Crippen molar-refractivity contribution in [3.63, 3.8) is 0 Å². The minimum Gasteiger partial charge on any atom is -0.465 e. The molecule has 1 aromatic heterocycles. The topological polar surface area (TPSA) is 57.5 Å². The Morgan fingerprint density at radius 2 is 2.17 bits per heavy atom. The van der Waals surface area contributed by atoms with Gasteiger partial charge in [0.25, 0.3) is 5.56 Å². The highest BCUT2D eigenvalue weighted by molar-refractivity contribution is 6.33. The predicted octanol–water partition coefficient (Wildman–Crippen LogP) is 1.64. The van der Waals surface area contributed by atoms with E-state index in [1.807, 2.05) is 0 Å². The number of rotatable bonds is 2. The van der Waals surface area contributed by atoms with E-state index in [0.29, 0.717) is 13.2 Å². The number of carbonyl (C=O) groups excluding carboxylic acids is 1. The van der Waals surface area contributed by atoms with Crippen molar-refractivity contribution < 1.29 is 14.3 Å². The summed E-state index contributed by atoms with van der Waals surface area (Å²) in [5, 5.41) is 0.121. The van der Waals surface area contributed by atoms with Gasteiger partial charge in [-0.15, -0.1) is 0 Å². The summed E-state index contributed by atoms with van der Waals surface area (Å²) in [6.45, 7) is 1.24. The second-order valence-electron chi connectivity index (χ2n) is 4.12. The normalized spacial score (nSPS) is 16.6. The number of hydrogen-bond donors (Lipinski definition) is 0. The van der Waals surface area contributed by atoms with E-state index < -0.39 is 5.97 Å². The molecule has 0 radical (unpaired) electrons. The first-order valence-electron chi connectivity index (χ1n) is 5.71. The van der Waals surface area contributed by atoms with Crippen LogP contribution in [0.15, 0.2) is 17.1 Å². The van der Waals surface area contributed by atoms with Gasteiger partial charge in [-0.1, -0.05) is 11.6 Å². The third kappa shape index (κ3) is 2.57. The molecule has 0 unspecified atom stereocenters. The van der Waals surface area contributed by atoms with Crippen LogP contribution in [0.25, 0.3) is 0 Å².